The monoisotopic (exact) mass is 412 g/mol. The first-order chi connectivity index (χ1) is 14.2. The maximum atomic E-state index is 12.2. The SMILES string of the molecule is COc1ccccc1C(=O)NCCC(=O)OCC(=O)Nc1ccc(C(C)(C)C)cc1. The highest BCUT2D eigenvalue weighted by Crippen LogP contribution is 2.23. The van der Waals surface area contributed by atoms with Crippen molar-refractivity contribution in [3.8, 4) is 5.75 Å². The molecule has 7 heteroatoms. The lowest BCUT2D eigenvalue weighted by Gasteiger charge is -2.19. The minimum absolute atomic E-state index is 0.0269. The van der Waals surface area contributed by atoms with Gasteiger partial charge in [-0.25, -0.2) is 0 Å². The number of hydrogen-bond acceptors (Lipinski definition) is 5. The van der Waals surface area contributed by atoms with Crippen LogP contribution in [0.3, 0.4) is 0 Å². The van der Waals surface area contributed by atoms with E-state index in [-0.39, 0.29) is 30.9 Å². The van der Waals surface area contributed by atoms with Gasteiger partial charge in [0.25, 0.3) is 11.8 Å². The average molecular weight is 412 g/mol. The fraction of sp³-hybridized carbons (Fsp3) is 0.348. The number of amides is 2. The van der Waals surface area contributed by atoms with Crippen LogP contribution in [0.1, 0.15) is 43.1 Å². The van der Waals surface area contributed by atoms with Crippen molar-refractivity contribution in [2.24, 2.45) is 0 Å². The third-order valence-electron chi connectivity index (χ3n) is 4.37. The molecule has 30 heavy (non-hydrogen) atoms. The number of para-hydroxylation sites is 1. The minimum Gasteiger partial charge on any atom is -0.496 e. The predicted molar refractivity (Wildman–Crippen MR) is 115 cm³/mol. The Bertz CT molecular complexity index is 885. The molecular weight excluding hydrogens is 384 g/mol. The number of anilines is 1. The Balaban J connectivity index is 1.71. The predicted octanol–water partition coefficient (Wildman–Crippen LogP) is 3.29. The van der Waals surface area contributed by atoms with Crippen LogP contribution in [-0.2, 0) is 19.7 Å². The first-order valence-corrected chi connectivity index (χ1v) is 9.68. The summed E-state index contributed by atoms with van der Waals surface area (Å²) in [6, 6.07) is 14.3. The molecule has 2 rings (SSSR count). The number of carbonyl (C=O) groups excluding carboxylic acids is 3. The molecule has 0 heterocycles. The lowest BCUT2D eigenvalue weighted by atomic mass is 9.87. The zero-order chi connectivity index (χ0) is 22.1. The Labute approximate surface area is 176 Å². The van der Waals surface area contributed by atoms with E-state index in [9.17, 15) is 14.4 Å². The molecule has 0 aliphatic rings. The summed E-state index contributed by atoms with van der Waals surface area (Å²) in [5, 5.41) is 5.31. The van der Waals surface area contributed by atoms with Crippen LogP contribution in [0.15, 0.2) is 48.5 Å². The lowest BCUT2D eigenvalue weighted by Crippen LogP contribution is -2.28. The van der Waals surface area contributed by atoms with Gasteiger partial charge in [0, 0.05) is 12.2 Å². The summed E-state index contributed by atoms with van der Waals surface area (Å²) in [4.78, 5) is 35.9. The van der Waals surface area contributed by atoms with Crippen molar-refractivity contribution in [2.45, 2.75) is 32.6 Å². The fourth-order valence-electron chi connectivity index (χ4n) is 2.67. The molecule has 0 radical (unpaired) electrons. The number of carbonyl (C=O) groups is 3. The van der Waals surface area contributed by atoms with Crippen LogP contribution in [0.2, 0.25) is 0 Å². The van der Waals surface area contributed by atoms with Gasteiger partial charge in [0.15, 0.2) is 6.61 Å². The highest BCUT2D eigenvalue weighted by molar-refractivity contribution is 5.97. The van der Waals surface area contributed by atoms with E-state index < -0.39 is 11.9 Å². The van der Waals surface area contributed by atoms with E-state index in [4.69, 9.17) is 9.47 Å². The second kappa shape index (κ2) is 10.4. The summed E-state index contributed by atoms with van der Waals surface area (Å²) in [7, 11) is 1.48. The van der Waals surface area contributed by atoms with Gasteiger partial charge in [-0.3, -0.25) is 14.4 Å². The van der Waals surface area contributed by atoms with Crippen LogP contribution < -0.4 is 15.4 Å². The van der Waals surface area contributed by atoms with Gasteiger partial charge in [0.1, 0.15) is 5.75 Å². The molecule has 0 aliphatic carbocycles. The largest absolute Gasteiger partial charge is 0.496 e. The van der Waals surface area contributed by atoms with Crippen molar-refractivity contribution in [3.63, 3.8) is 0 Å². The van der Waals surface area contributed by atoms with E-state index in [1.807, 2.05) is 24.3 Å². The van der Waals surface area contributed by atoms with Gasteiger partial charge in [-0.05, 0) is 35.2 Å². The molecule has 0 aliphatic heterocycles. The lowest BCUT2D eigenvalue weighted by molar-refractivity contribution is -0.147. The Hall–Kier alpha value is -3.35. The third kappa shape index (κ3) is 6.92. The van der Waals surface area contributed by atoms with Crippen molar-refractivity contribution >= 4 is 23.5 Å². The summed E-state index contributed by atoms with van der Waals surface area (Å²) >= 11 is 0. The molecule has 0 unspecified atom stereocenters. The standard InChI is InChI=1S/C23H28N2O5/c1-23(2,3)16-9-11-17(12-10-16)25-20(26)15-30-21(27)13-14-24-22(28)18-7-5-6-8-19(18)29-4/h5-12H,13-15H2,1-4H3,(H,24,28)(H,25,26). The summed E-state index contributed by atoms with van der Waals surface area (Å²) in [6.45, 7) is 6.03. The van der Waals surface area contributed by atoms with Crippen molar-refractivity contribution < 1.29 is 23.9 Å². The van der Waals surface area contributed by atoms with Gasteiger partial charge >= 0.3 is 5.97 Å². The maximum Gasteiger partial charge on any atom is 0.308 e. The minimum atomic E-state index is -0.575. The molecule has 7 nitrogen and oxygen atoms in total. The van der Waals surface area contributed by atoms with E-state index in [0.717, 1.165) is 5.56 Å². The van der Waals surface area contributed by atoms with Crippen LogP contribution >= 0.6 is 0 Å². The van der Waals surface area contributed by atoms with Crippen LogP contribution in [-0.4, -0.2) is 38.0 Å². The summed E-state index contributed by atoms with van der Waals surface area (Å²) in [6.07, 6.45) is -0.0472. The molecule has 0 fully saturated rings. The van der Waals surface area contributed by atoms with Crippen LogP contribution in [0.25, 0.3) is 0 Å². The number of hydrogen-bond donors (Lipinski definition) is 2. The number of rotatable bonds is 8. The van der Waals surface area contributed by atoms with Gasteiger partial charge in [-0.15, -0.1) is 0 Å². The molecule has 0 bridgehead atoms. The third-order valence-corrected chi connectivity index (χ3v) is 4.37. The highest BCUT2D eigenvalue weighted by Gasteiger charge is 2.14. The van der Waals surface area contributed by atoms with Gasteiger partial charge < -0.3 is 20.1 Å². The van der Waals surface area contributed by atoms with Crippen LogP contribution in [0.4, 0.5) is 5.69 Å². The van der Waals surface area contributed by atoms with Crippen LogP contribution in [0, 0.1) is 0 Å². The number of nitrogens with one attached hydrogen (secondary N) is 2. The van der Waals surface area contributed by atoms with Crippen LogP contribution in [0.5, 0.6) is 5.75 Å². The molecule has 0 spiro atoms. The number of esters is 1. The van der Waals surface area contributed by atoms with Gasteiger partial charge in [-0.1, -0.05) is 45.0 Å². The number of methoxy groups -OCH3 is 1. The average Bonchev–Trinajstić information content (AvgIpc) is 2.72. The second-order valence-corrected chi connectivity index (χ2v) is 7.74. The second-order valence-electron chi connectivity index (χ2n) is 7.74. The van der Waals surface area contributed by atoms with Gasteiger partial charge in [0.2, 0.25) is 0 Å². The Morgan fingerprint density at radius 2 is 1.63 bits per heavy atom. The van der Waals surface area contributed by atoms with E-state index in [0.29, 0.717) is 17.0 Å². The number of ether oxygens (including phenoxy) is 2. The van der Waals surface area contributed by atoms with Crippen molar-refractivity contribution in [3.05, 3.63) is 59.7 Å². The van der Waals surface area contributed by atoms with E-state index >= 15 is 0 Å². The molecule has 2 aromatic rings. The molecule has 0 saturated heterocycles. The van der Waals surface area contributed by atoms with E-state index in [2.05, 4.69) is 31.4 Å². The Morgan fingerprint density at radius 3 is 2.27 bits per heavy atom. The Kier molecular flexibility index (Phi) is 7.98. The number of benzene rings is 2. The maximum absolute atomic E-state index is 12.2. The van der Waals surface area contributed by atoms with Gasteiger partial charge in [-0.2, -0.15) is 0 Å². The van der Waals surface area contributed by atoms with Crippen molar-refractivity contribution in [1.29, 1.82) is 0 Å². The Morgan fingerprint density at radius 1 is 0.967 bits per heavy atom. The summed E-state index contributed by atoms with van der Waals surface area (Å²) in [5.41, 5.74) is 2.19. The molecule has 2 aromatic carbocycles. The molecule has 160 valence electrons. The topological polar surface area (TPSA) is 93.7 Å². The zero-order valence-electron chi connectivity index (χ0n) is 17.8. The summed E-state index contributed by atoms with van der Waals surface area (Å²) < 4.78 is 10.1. The zero-order valence-corrected chi connectivity index (χ0v) is 17.8. The molecule has 0 saturated carbocycles. The quantitative estimate of drug-likeness (QED) is 0.649. The molecule has 2 amide bonds. The molecule has 2 N–H and O–H groups in total. The van der Waals surface area contributed by atoms with E-state index in [1.165, 1.54) is 7.11 Å². The van der Waals surface area contributed by atoms with E-state index in [1.54, 1.807) is 24.3 Å². The molecule has 0 atom stereocenters. The first-order valence-electron chi connectivity index (χ1n) is 9.68. The molecular formula is C23H28N2O5. The smallest absolute Gasteiger partial charge is 0.308 e. The molecule has 0 aromatic heterocycles. The van der Waals surface area contributed by atoms with Crippen molar-refractivity contribution in [1.82, 2.24) is 5.32 Å². The fourth-order valence-corrected chi connectivity index (χ4v) is 2.67. The first kappa shape index (κ1) is 22.9. The normalized spacial score (nSPS) is 10.8. The summed E-state index contributed by atoms with van der Waals surface area (Å²) in [5.74, 6) is -0.903. The van der Waals surface area contributed by atoms with Crippen molar-refractivity contribution in [2.75, 3.05) is 25.6 Å². The highest BCUT2D eigenvalue weighted by atomic mass is 16.5. The van der Waals surface area contributed by atoms with Gasteiger partial charge in [0.05, 0.1) is 19.1 Å².